The fourth-order valence-electron chi connectivity index (χ4n) is 2.41. The van der Waals surface area contributed by atoms with Crippen molar-refractivity contribution in [3.05, 3.63) is 66.0 Å². The monoisotopic (exact) mass is 320 g/mol. The first-order chi connectivity index (χ1) is 11.7. The van der Waals surface area contributed by atoms with Crippen molar-refractivity contribution in [1.29, 1.82) is 5.26 Å². The van der Waals surface area contributed by atoms with Gasteiger partial charge in [0.2, 0.25) is 0 Å². The number of aliphatic hydroxyl groups excluding tert-OH is 1. The summed E-state index contributed by atoms with van der Waals surface area (Å²) in [4.78, 5) is 4.10. The Morgan fingerprint density at radius 3 is 2.58 bits per heavy atom. The lowest BCUT2D eigenvalue weighted by Crippen LogP contribution is -2.10. The molecule has 1 atom stereocenters. The second kappa shape index (κ2) is 6.99. The summed E-state index contributed by atoms with van der Waals surface area (Å²) in [6, 6.07) is 14.4. The Hall–Kier alpha value is -3.10. The van der Waals surface area contributed by atoms with Crippen molar-refractivity contribution in [2.45, 2.75) is 6.10 Å². The smallest absolute Gasteiger partial charge is 0.162 e. The first-order valence-electron chi connectivity index (χ1n) is 7.44. The molecule has 1 heterocycles. The minimum Gasteiger partial charge on any atom is -0.493 e. The molecule has 5 heteroatoms. The van der Waals surface area contributed by atoms with Crippen LogP contribution in [0.1, 0.15) is 17.2 Å². The summed E-state index contributed by atoms with van der Waals surface area (Å²) in [5.41, 5.74) is 1.24. The van der Waals surface area contributed by atoms with Gasteiger partial charge >= 0.3 is 0 Å². The van der Waals surface area contributed by atoms with E-state index in [0.717, 1.165) is 10.8 Å². The van der Waals surface area contributed by atoms with Gasteiger partial charge in [0.25, 0.3) is 0 Å². The quantitative estimate of drug-likeness (QED) is 0.781. The van der Waals surface area contributed by atoms with Crippen LogP contribution in [-0.4, -0.2) is 23.8 Å². The topological polar surface area (TPSA) is 75.4 Å². The molecule has 0 aliphatic carbocycles. The summed E-state index contributed by atoms with van der Waals surface area (Å²) in [5.74, 6) is 1.14. The number of hydrogen-bond acceptors (Lipinski definition) is 5. The van der Waals surface area contributed by atoms with E-state index in [0.29, 0.717) is 22.6 Å². The van der Waals surface area contributed by atoms with Crippen LogP contribution in [0.25, 0.3) is 10.8 Å². The van der Waals surface area contributed by atoms with Crippen LogP contribution < -0.4 is 9.47 Å². The van der Waals surface area contributed by atoms with Gasteiger partial charge in [-0.2, -0.15) is 5.26 Å². The molecule has 0 bridgehead atoms. The van der Waals surface area contributed by atoms with Gasteiger partial charge in [-0.05, 0) is 41.3 Å². The predicted octanol–water partition coefficient (Wildman–Crippen LogP) is 3.23. The molecule has 0 aliphatic rings. The van der Waals surface area contributed by atoms with Crippen LogP contribution in [0.2, 0.25) is 0 Å². The molecule has 1 unspecified atom stereocenters. The van der Waals surface area contributed by atoms with Gasteiger partial charge in [-0.3, -0.25) is 4.98 Å². The molecule has 0 saturated heterocycles. The van der Waals surface area contributed by atoms with E-state index in [1.54, 1.807) is 43.8 Å². The molecule has 1 aromatic heterocycles. The van der Waals surface area contributed by atoms with Crippen molar-refractivity contribution in [3.63, 3.8) is 0 Å². The minimum absolute atomic E-state index is 0.0774. The molecule has 120 valence electrons. The summed E-state index contributed by atoms with van der Waals surface area (Å²) in [5, 5.41) is 21.0. The normalized spacial score (nSPS) is 11.7. The maximum Gasteiger partial charge on any atom is 0.162 e. The average Bonchev–Trinajstić information content (AvgIpc) is 2.65. The van der Waals surface area contributed by atoms with E-state index in [2.05, 4.69) is 4.98 Å². The van der Waals surface area contributed by atoms with Crippen LogP contribution in [0, 0.1) is 11.3 Å². The lowest BCUT2D eigenvalue weighted by atomic mass is 10.1. The van der Waals surface area contributed by atoms with Crippen molar-refractivity contribution in [2.24, 2.45) is 0 Å². The van der Waals surface area contributed by atoms with Crippen LogP contribution in [0.3, 0.4) is 0 Å². The van der Waals surface area contributed by atoms with E-state index in [-0.39, 0.29) is 6.61 Å². The van der Waals surface area contributed by atoms with Crippen LogP contribution in [0.15, 0.2) is 54.9 Å². The first-order valence-corrected chi connectivity index (χ1v) is 7.44. The summed E-state index contributed by atoms with van der Waals surface area (Å²) in [6.07, 6.45) is 2.67. The zero-order chi connectivity index (χ0) is 16.9. The molecule has 2 aromatic carbocycles. The molecule has 3 aromatic rings. The number of nitrogens with zero attached hydrogens (tertiary/aromatic N) is 2. The fraction of sp³-hybridized carbons (Fsp3) is 0.158. The summed E-state index contributed by atoms with van der Waals surface area (Å²) in [6.45, 7) is 0.0774. The molecule has 0 spiro atoms. The van der Waals surface area contributed by atoms with Gasteiger partial charge in [0.1, 0.15) is 12.7 Å². The summed E-state index contributed by atoms with van der Waals surface area (Å²) < 4.78 is 11.1. The van der Waals surface area contributed by atoms with Gasteiger partial charge < -0.3 is 14.6 Å². The fourth-order valence-corrected chi connectivity index (χ4v) is 2.41. The van der Waals surface area contributed by atoms with E-state index in [9.17, 15) is 5.11 Å². The standard InChI is InChI=1S/C19H16N2O3/c1-23-18-8-15-6-7-21-11-16(15)9-19(18)24-12-17(22)14-4-2-13(10-20)3-5-14/h2-9,11,17,22H,12H2,1H3. The largest absolute Gasteiger partial charge is 0.493 e. The number of aliphatic hydroxyl groups is 1. The molecular weight excluding hydrogens is 304 g/mol. The molecule has 1 N–H and O–H groups in total. The van der Waals surface area contributed by atoms with Crippen molar-refractivity contribution < 1.29 is 14.6 Å². The van der Waals surface area contributed by atoms with Crippen LogP contribution in [0.5, 0.6) is 11.5 Å². The van der Waals surface area contributed by atoms with E-state index in [4.69, 9.17) is 14.7 Å². The third-order valence-corrected chi connectivity index (χ3v) is 3.74. The Balaban J connectivity index is 1.77. The van der Waals surface area contributed by atoms with Gasteiger partial charge in [0, 0.05) is 17.8 Å². The van der Waals surface area contributed by atoms with Crippen molar-refractivity contribution >= 4 is 10.8 Å². The van der Waals surface area contributed by atoms with E-state index >= 15 is 0 Å². The Labute approximate surface area is 139 Å². The molecule has 0 fully saturated rings. The number of methoxy groups -OCH3 is 1. The van der Waals surface area contributed by atoms with Crippen molar-refractivity contribution in [3.8, 4) is 17.6 Å². The molecular formula is C19H16N2O3. The molecule has 0 saturated carbocycles. The molecule has 3 rings (SSSR count). The van der Waals surface area contributed by atoms with Crippen LogP contribution >= 0.6 is 0 Å². The third-order valence-electron chi connectivity index (χ3n) is 3.74. The predicted molar refractivity (Wildman–Crippen MR) is 89.9 cm³/mol. The van der Waals surface area contributed by atoms with Crippen molar-refractivity contribution in [2.75, 3.05) is 13.7 Å². The Bertz CT molecular complexity index is 885. The first kappa shape index (κ1) is 15.8. The van der Waals surface area contributed by atoms with Crippen LogP contribution in [0.4, 0.5) is 0 Å². The van der Waals surface area contributed by atoms with Gasteiger partial charge in [0.15, 0.2) is 11.5 Å². The molecule has 5 nitrogen and oxygen atoms in total. The number of rotatable bonds is 5. The molecule has 0 aliphatic heterocycles. The Kier molecular flexibility index (Phi) is 4.59. The highest BCUT2D eigenvalue weighted by Gasteiger charge is 2.12. The number of fused-ring (bicyclic) bond motifs is 1. The summed E-state index contributed by atoms with van der Waals surface area (Å²) in [7, 11) is 1.58. The maximum atomic E-state index is 10.3. The molecule has 24 heavy (non-hydrogen) atoms. The Morgan fingerprint density at radius 2 is 1.88 bits per heavy atom. The highest BCUT2D eigenvalue weighted by Crippen LogP contribution is 2.32. The Morgan fingerprint density at radius 1 is 1.12 bits per heavy atom. The minimum atomic E-state index is -0.799. The number of pyridine rings is 1. The number of aromatic nitrogens is 1. The number of hydrogen-bond donors (Lipinski definition) is 1. The van der Waals surface area contributed by atoms with E-state index in [1.807, 2.05) is 24.3 Å². The lowest BCUT2D eigenvalue weighted by Gasteiger charge is -2.15. The van der Waals surface area contributed by atoms with Gasteiger partial charge in [-0.15, -0.1) is 0 Å². The second-order valence-electron chi connectivity index (χ2n) is 5.29. The number of benzene rings is 2. The van der Waals surface area contributed by atoms with E-state index < -0.39 is 6.10 Å². The molecule has 0 radical (unpaired) electrons. The average molecular weight is 320 g/mol. The van der Waals surface area contributed by atoms with E-state index in [1.165, 1.54) is 0 Å². The third kappa shape index (κ3) is 3.29. The zero-order valence-electron chi connectivity index (χ0n) is 13.1. The van der Waals surface area contributed by atoms with Crippen molar-refractivity contribution in [1.82, 2.24) is 4.98 Å². The highest BCUT2D eigenvalue weighted by atomic mass is 16.5. The number of ether oxygens (including phenoxy) is 2. The highest BCUT2D eigenvalue weighted by molar-refractivity contribution is 5.85. The number of nitriles is 1. The van der Waals surface area contributed by atoms with Gasteiger partial charge in [-0.1, -0.05) is 12.1 Å². The molecule has 0 amide bonds. The van der Waals surface area contributed by atoms with Gasteiger partial charge in [0.05, 0.1) is 18.7 Å². The second-order valence-corrected chi connectivity index (χ2v) is 5.29. The van der Waals surface area contributed by atoms with Gasteiger partial charge in [-0.25, -0.2) is 0 Å². The maximum absolute atomic E-state index is 10.3. The zero-order valence-corrected chi connectivity index (χ0v) is 13.1. The summed E-state index contributed by atoms with van der Waals surface area (Å²) >= 11 is 0. The lowest BCUT2D eigenvalue weighted by molar-refractivity contribution is 0.106. The van der Waals surface area contributed by atoms with Crippen LogP contribution in [-0.2, 0) is 0 Å². The SMILES string of the molecule is COc1cc2ccncc2cc1OCC(O)c1ccc(C#N)cc1.